The number of nitrogens with zero attached hydrogens (tertiary/aromatic N) is 3. The van der Waals surface area contributed by atoms with Gasteiger partial charge >= 0.3 is 0 Å². The van der Waals surface area contributed by atoms with Crippen LogP contribution in [0.5, 0.6) is 0 Å². The molecule has 7 heteroatoms. The summed E-state index contributed by atoms with van der Waals surface area (Å²) in [4.78, 5) is 36.6. The first-order chi connectivity index (χ1) is 15.4. The topological polar surface area (TPSA) is 84.4 Å². The van der Waals surface area contributed by atoms with Crippen LogP contribution in [0.4, 0.5) is 0 Å². The molecule has 2 heterocycles. The number of hydrogen-bond acceptors (Lipinski definition) is 5. The smallest absolute Gasteiger partial charge is 0.257 e. The third-order valence-corrected chi connectivity index (χ3v) is 6.89. The molecule has 32 heavy (non-hydrogen) atoms. The lowest BCUT2D eigenvalue weighted by atomic mass is 9.79. The summed E-state index contributed by atoms with van der Waals surface area (Å²) in [5.74, 6) is 1.91. The van der Waals surface area contributed by atoms with E-state index in [4.69, 9.17) is 9.72 Å². The normalized spacial score (nSPS) is 23.3. The molecular weight excluding hydrogens is 404 g/mol. The minimum absolute atomic E-state index is 0.0313. The van der Waals surface area contributed by atoms with Crippen LogP contribution in [0.3, 0.4) is 0 Å². The number of carbonyl (C=O) groups is 2. The van der Waals surface area contributed by atoms with Crippen LogP contribution < -0.4 is 5.32 Å². The van der Waals surface area contributed by atoms with Crippen molar-refractivity contribution in [3.63, 3.8) is 0 Å². The molecule has 1 unspecified atom stereocenters. The van der Waals surface area contributed by atoms with Gasteiger partial charge in [-0.1, -0.05) is 13.8 Å². The van der Waals surface area contributed by atoms with Gasteiger partial charge in [0.05, 0.1) is 23.8 Å². The molecule has 2 aliphatic rings. The summed E-state index contributed by atoms with van der Waals surface area (Å²) in [6.07, 6.45) is 8.40. The fourth-order valence-electron chi connectivity index (χ4n) is 4.83. The van der Waals surface area contributed by atoms with Gasteiger partial charge in [-0.3, -0.25) is 9.59 Å². The molecule has 1 aromatic rings. The van der Waals surface area contributed by atoms with E-state index in [-0.39, 0.29) is 29.8 Å². The van der Waals surface area contributed by atoms with Crippen LogP contribution >= 0.6 is 0 Å². The van der Waals surface area contributed by atoms with Gasteiger partial charge in [-0.2, -0.15) is 0 Å². The summed E-state index contributed by atoms with van der Waals surface area (Å²) in [5.41, 5.74) is 1.58. The van der Waals surface area contributed by atoms with Crippen LogP contribution in [-0.4, -0.2) is 59.0 Å². The fraction of sp³-hybridized carbons (Fsp3) is 0.760. The molecule has 1 N–H and O–H groups in total. The molecule has 2 amide bonds. The fourth-order valence-corrected chi connectivity index (χ4v) is 4.83. The molecule has 1 atom stereocenters. The van der Waals surface area contributed by atoms with E-state index in [9.17, 15) is 9.59 Å². The molecular formula is C25H40N4O3. The summed E-state index contributed by atoms with van der Waals surface area (Å²) in [7, 11) is 0. The molecule has 1 aliphatic heterocycles. The zero-order valence-corrected chi connectivity index (χ0v) is 20.2. The van der Waals surface area contributed by atoms with Crippen molar-refractivity contribution in [2.75, 3.05) is 26.2 Å². The Kier molecular flexibility index (Phi) is 9.02. The van der Waals surface area contributed by atoms with Gasteiger partial charge < -0.3 is 15.0 Å². The molecule has 2 fully saturated rings. The van der Waals surface area contributed by atoms with Crippen molar-refractivity contribution < 1.29 is 14.3 Å². The van der Waals surface area contributed by atoms with Gasteiger partial charge in [0.25, 0.3) is 5.91 Å². The maximum atomic E-state index is 13.1. The lowest BCUT2D eigenvalue weighted by molar-refractivity contribution is -0.123. The molecule has 178 valence electrons. The van der Waals surface area contributed by atoms with E-state index in [1.807, 2.05) is 18.7 Å². The van der Waals surface area contributed by atoms with E-state index in [2.05, 4.69) is 24.1 Å². The van der Waals surface area contributed by atoms with Crippen LogP contribution in [-0.2, 0) is 9.53 Å². The van der Waals surface area contributed by atoms with E-state index in [1.54, 1.807) is 6.20 Å². The minimum Gasteiger partial charge on any atom is -0.378 e. The second-order valence-electron chi connectivity index (χ2n) is 9.52. The molecule has 1 aliphatic carbocycles. The van der Waals surface area contributed by atoms with Crippen LogP contribution in [0, 0.1) is 5.92 Å². The highest BCUT2D eigenvalue weighted by molar-refractivity contribution is 5.95. The predicted octanol–water partition coefficient (Wildman–Crippen LogP) is 4.04. The van der Waals surface area contributed by atoms with Crippen LogP contribution in [0.1, 0.15) is 106 Å². The molecule has 0 radical (unpaired) electrons. The number of aromatic nitrogens is 2. The van der Waals surface area contributed by atoms with Gasteiger partial charge in [-0.05, 0) is 58.3 Å². The van der Waals surface area contributed by atoms with Gasteiger partial charge in [0, 0.05) is 44.3 Å². The minimum atomic E-state index is 0.0313. The number of nitrogens with one attached hydrogen (secondary N) is 1. The van der Waals surface area contributed by atoms with Crippen LogP contribution in [0.15, 0.2) is 6.20 Å². The van der Waals surface area contributed by atoms with Crippen LogP contribution in [0.25, 0.3) is 0 Å². The Morgan fingerprint density at radius 1 is 1.16 bits per heavy atom. The van der Waals surface area contributed by atoms with E-state index in [0.717, 1.165) is 63.2 Å². The van der Waals surface area contributed by atoms with Gasteiger partial charge in [0.2, 0.25) is 5.91 Å². The Labute approximate surface area is 192 Å². The average molecular weight is 445 g/mol. The summed E-state index contributed by atoms with van der Waals surface area (Å²) in [6.45, 7) is 11.0. The van der Waals surface area contributed by atoms with Crippen molar-refractivity contribution in [3.8, 4) is 0 Å². The number of hydrogen-bond donors (Lipinski definition) is 1. The summed E-state index contributed by atoms with van der Waals surface area (Å²) in [5, 5.41) is 3.11. The first-order valence-electron chi connectivity index (χ1n) is 12.5. The Balaban J connectivity index is 1.61. The lowest BCUT2D eigenvalue weighted by Crippen LogP contribution is -2.34. The summed E-state index contributed by atoms with van der Waals surface area (Å²) < 4.78 is 5.56. The SMILES string of the molecule is CCN(CC)C(=O)c1cnc(C(C)C)nc1C1CCC(CNC(=O)CC2CCCO2)CC1. The predicted molar refractivity (Wildman–Crippen MR) is 125 cm³/mol. The first kappa shape index (κ1) is 24.6. The zero-order chi connectivity index (χ0) is 23.1. The molecule has 1 saturated carbocycles. The Bertz CT molecular complexity index is 764. The van der Waals surface area contributed by atoms with Gasteiger partial charge in [-0.15, -0.1) is 0 Å². The van der Waals surface area contributed by atoms with E-state index >= 15 is 0 Å². The molecule has 0 aromatic carbocycles. The quantitative estimate of drug-likeness (QED) is 0.621. The number of ether oxygens (including phenoxy) is 1. The summed E-state index contributed by atoms with van der Waals surface area (Å²) >= 11 is 0. The second-order valence-corrected chi connectivity index (χ2v) is 9.52. The van der Waals surface area contributed by atoms with Crippen LogP contribution in [0.2, 0.25) is 0 Å². The third kappa shape index (κ3) is 6.27. The highest BCUT2D eigenvalue weighted by atomic mass is 16.5. The Hall–Kier alpha value is -2.02. The Morgan fingerprint density at radius 3 is 2.47 bits per heavy atom. The zero-order valence-electron chi connectivity index (χ0n) is 20.2. The third-order valence-electron chi connectivity index (χ3n) is 6.89. The number of rotatable bonds is 9. The molecule has 7 nitrogen and oxygen atoms in total. The van der Waals surface area contributed by atoms with E-state index in [0.29, 0.717) is 31.0 Å². The van der Waals surface area contributed by atoms with Crippen molar-refractivity contribution >= 4 is 11.8 Å². The van der Waals surface area contributed by atoms with E-state index < -0.39 is 0 Å². The first-order valence-corrected chi connectivity index (χ1v) is 12.5. The highest BCUT2D eigenvalue weighted by Gasteiger charge is 2.29. The second kappa shape index (κ2) is 11.7. The summed E-state index contributed by atoms with van der Waals surface area (Å²) in [6, 6.07) is 0. The Morgan fingerprint density at radius 2 is 1.88 bits per heavy atom. The standard InChI is InChI=1S/C25H40N4O3/c1-5-29(6-2)25(31)21-16-27-24(17(3)4)28-23(21)19-11-9-18(10-12-19)15-26-22(30)14-20-8-7-13-32-20/h16-20H,5-15H2,1-4H3,(H,26,30). The van der Waals surface area contributed by atoms with Crippen molar-refractivity contribution in [3.05, 3.63) is 23.3 Å². The highest BCUT2D eigenvalue weighted by Crippen LogP contribution is 2.36. The number of amides is 2. The van der Waals surface area contributed by atoms with E-state index in [1.165, 1.54) is 0 Å². The molecule has 3 rings (SSSR count). The maximum absolute atomic E-state index is 13.1. The molecule has 0 bridgehead atoms. The van der Waals surface area contributed by atoms with Crippen molar-refractivity contribution in [2.24, 2.45) is 5.92 Å². The van der Waals surface area contributed by atoms with Crippen molar-refractivity contribution in [1.29, 1.82) is 0 Å². The van der Waals surface area contributed by atoms with Crippen molar-refractivity contribution in [1.82, 2.24) is 20.2 Å². The van der Waals surface area contributed by atoms with Gasteiger partial charge in [-0.25, -0.2) is 9.97 Å². The molecule has 1 saturated heterocycles. The molecule has 0 spiro atoms. The number of carbonyl (C=O) groups excluding carboxylic acids is 2. The monoisotopic (exact) mass is 444 g/mol. The largest absolute Gasteiger partial charge is 0.378 e. The molecule has 1 aromatic heterocycles. The van der Waals surface area contributed by atoms with Gasteiger partial charge in [0.1, 0.15) is 5.82 Å². The van der Waals surface area contributed by atoms with Gasteiger partial charge in [0.15, 0.2) is 0 Å². The average Bonchev–Trinajstić information content (AvgIpc) is 3.31. The maximum Gasteiger partial charge on any atom is 0.257 e. The van der Waals surface area contributed by atoms with Crippen molar-refractivity contribution in [2.45, 2.75) is 90.6 Å². The lowest BCUT2D eigenvalue weighted by Gasteiger charge is -2.30.